The monoisotopic (exact) mass is 225 g/mol. The number of hydrogen-bond acceptors (Lipinski definition) is 3. The van der Waals surface area contributed by atoms with Crippen LogP contribution in [0.5, 0.6) is 0 Å². The van der Waals surface area contributed by atoms with Gasteiger partial charge in [-0.2, -0.15) is 5.10 Å². The molecule has 0 unspecified atom stereocenters. The SMILES string of the molecule is CC(C)n1nc(C(=O)O)c(C(C)(C)C)c1N. The average Bonchev–Trinajstić information content (AvgIpc) is 2.41. The molecule has 0 bridgehead atoms. The van der Waals surface area contributed by atoms with Gasteiger partial charge in [0.15, 0.2) is 5.69 Å². The highest BCUT2D eigenvalue weighted by atomic mass is 16.4. The summed E-state index contributed by atoms with van der Waals surface area (Å²) in [6.45, 7) is 9.62. The molecule has 0 saturated heterocycles. The first kappa shape index (κ1) is 12.5. The van der Waals surface area contributed by atoms with Crippen molar-refractivity contribution in [2.45, 2.75) is 46.1 Å². The van der Waals surface area contributed by atoms with Gasteiger partial charge in [-0.3, -0.25) is 0 Å². The topological polar surface area (TPSA) is 81.1 Å². The molecule has 1 rings (SSSR count). The zero-order valence-electron chi connectivity index (χ0n) is 10.4. The van der Waals surface area contributed by atoms with Gasteiger partial charge >= 0.3 is 5.97 Å². The Bertz CT molecular complexity index is 414. The molecule has 0 aliphatic heterocycles. The molecule has 1 heterocycles. The summed E-state index contributed by atoms with van der Waals surface area (Å²) < 4.78 is 1.56. The number of rotatable bonds is 2. The highest BCUT2D eigenvalue weighted by Crippen LogP contribution is 2.32. The van der Waals surface area contributed by atoms with Crippen molar-refractivity contribution in [3.8, 4) is 0 Å². The van der Waals surface area contributed by atoms with Gasteiger partial charge in [0.25, 0.3) is 0 Å². The number of carbonyl (C=O) groups is 1. The van der Waals surface area contributed by atoms with Crippen molar-refractivity contribution >= 4 is 11.8 Å². The fourth-order valence-corrected chi connectivity index (χ4v) is 1.73. The molecule has 1 aromatic heterocycles. The molecular formula is C11H19N3O2. The van der Waals surface area contributed by atoms with Crippen LogP contribution in [0, 0.1) is 0 Å². The lowest BCUT2D eigenvalue weighted by Crippen LogP contribution is -2.17. The Hall–Kier alpha value is -1.52. The maximum absolute atomic E-state index is 11.1. The number of carboxylic acid groups (broad SMARTS) is 1. The summed E-state index contributed by atoms with van der Waals surface area (Å²) in [7, 11) is 0. The number of nitrogens with two attached hydrogens (primary N) is 1. The predicted molar refractivity (Wildman–Crippen MR) is 62.7 cm³/mol. The van der Waals surface area contributed by atoms with Crippen molar-refractivity contribution in [3.05, 3.63) is 11.3 Å². The number of anilines is 1. The maximum Gasteiger partial charge on any atom is 0.356 e. The van der Waals surface area contributed by atoms with E-state index >= 15 is 0 Å². The van der Waals surface area contributed by atoms with Gasteiger partial charge in [0.1, 0.15) is 5.82 Å². The van der Waals surface area contributed by atoms with Crippen molar-refractivity contribution in [1.29, 1.82) is 0 Å². The third kappa shape index (κ3) is 2.03. The minimum Gasteiger partial charge on any atom is -0.476 e. The summed E-state index contributed by atoms with van der Waals surface area (Å²) in [6.07, 6.45) is 0. The summed E-state index contributed by atoms with van der Waals surface area (Å²) in [6, 6.07) is 0.0502. The molecule has 0 amide bonds. The highest BCUT2D eigenvalue weighted by molar-refractivity contribution is 5.89. The third-order valence-corrected chi connectivity index (χ3v) is 2.39. The van der Waals surface area contributed by atoms with Gasteiger partial charge in [-0.25, -0.2) is 9.48 Å². The molecule has 0 aliphatic carbocycles. The van der Waals surface area contributed by atoms with E-state index in [1.807, 2.05) is 34.6 Å². The minimum absolute atomic E-state index is 0.0502. The van der Waals surface area contributed by atoms with E-state index in [0.717, 1.165) is 0 Å². The molecule has 0 atom stereocenters. The van der Waals surface area contributed by atoms with E-state index in [9.17, 15) is 4.79 Å². The summed E-state index contributed by atoms with van der Waals surface area (Å²) >= 11 is 0. The van der Waals surface area contributed by atoms with Gasteiger partial charge in [-0.1, -0.05) is 20.8 Å². The molecular weight excluding hydrogens is 206 g/mol. The predicted octanol–water partition coefficient (Wildman–Crippen LogP) is 2.04. The molecule has 3 N–H and O–H groups in total. The van der Waals surface area contributed by atoms with Crippen molar-refractivity contribution < 1.29 is 9.90 Å². The molecule has 0 saturated carbocycles. The first-order chi connectivity index (χ1) is 7.16. The first-order valence-electron chi connectivity index (χ1n) is 5.28. The Labute approximate surface area is 95.3 Å². The molecule has 16 heavy (non-hydrogen) atoms. The summed E-state index contributed by atoms with van der Waals surface area (Å²) in [5, 5.41) is 13.2. The normalized spacial score (nSPS) is 12.1. The van der Waals surface area contributed by atoms with E-state index in [-0.39, 0.29) is 17.2 Å². The summed E-state index contributed by atoms with van der Waals surface area (Å²) in [5.74, 6) is -0.587. The van der Waals surface area contributed by atoms with Gasteiger partial charge < -0.3 is 10.8 Å². The van der Waals surface area contributed by atoms with Crippen LogP contribution in [-0.2, 0) is 5.41 Å². The van der Waals surface area contributed by atoms with E-state index in [1.54, 1.807) is 4.68 Å². The number of aromatic nitrogens is 2. The lowest BCUT2D eigenvalue weighted by molar-refractivity contribution is 0.0686. The second kappa shape index (κ2) is 3.81. The van der Waals surface area contributed by atoms with Gasteiger partial charge in [0.2, 0.25) is 0 Å². The molecule has 0 aliphatic rings. The Morgan fingerprint density at radius 1 is 1.44 bits per heavy atom. The molecule has 1 aromatic rings. The largest absolute Gasteiger partial charge is 0.476 e. The van der Waals surface area contributed by atoms with Gasteiger partial charge in [0.05, 0.1) is 0 Å². The van der Waals surface area contributed by atoms with Crippen LogP contribution in [-0.4, -0.2) is 20.9 Å². The zero-order valence-corrected chi connectivity index (χ0v) is 10.4. The lowest BCUT2D eigenvalue weighted by Gasteiger charge is -2.19. The van der Waals surface area contributed by atoms with Crippen LogP contribution < -0.4 is 5.73 Å². The van der Waals surface area contributed by atoms with Crippen LogP contribution in [0.3, 0.4) is 0 Å². The van der Waals surface area contributed by atoms with Crippen LogP contribution in [0.2, 0.25) is 0 Å². The number of nitrogens with zero attached hydrogens (tertiary/aromatic N) is 2. The van der Waals surface area contributed by atoms with E-state index in [0.29, 0.717) is 11.4 Å². The van der Waals surface area contributed by atoms with Crippen LogP contribution in [0.25, 0.3) is 0 Å². The van der Waals surface area contributed by atoms with Crippen LogP contribution >= 0.6 is 0 Å². The number of aromatic carboxylic acids is 1. The number of nitrogen functional groups attached to an aromatic ring is 1. The second-order valence-corrected chi connectivity index (χ2v) is 5.20. The summed E-state index contributed by atoms with van der Waals surface area (Å²) in [5.41, 5.74) is 6.30. The quantitative estimate of drug-likeness (QED) is 0.807. The van der Waals surface area contributed by atoms with Crippen molar-refractivity contribution in [2.24, 2.45) is 0 Å². The van der Waals surface area contributed by atoms with Crippen molar-refractivity contribution in [1.82, 2.24) is 9.78 Å². The molecule has 5 heteroatoms. The molecule has 90 valence electrons. The van der Waals surface area contributed by atoms with Crippen molar-refractivity contribution in [2.75, 3.05) is 5.73 Å². The smallest absolute Gasteiger partial charge is 0.356 e. The molecule has 0 fully saturated rings. The minimum atomic E-state index is -1.03. The fraction of sp³-hybridized carbons (Fsp3) is 0.636. The van der Waals surface area contributed by atoms with Crippen molar-refractivity contribution in [3.63, 3.8) is 0 Å². The Morgan fingerprint density at radius 2 is 1.94 bits per heavy atom. The van der Waals surface area contributed by atoms with E-state index in [2.05, 4.69) is 5.10 Å². The van der Waals surface area contributed by atoms with Gasteiger partial charge in [-0.05, 0) is 19.3 Å². The lowest BCUT2D eigenvalue weighted by atomic mass is 9.86. The van der Waals surface area contributed by atoms with Gasteiger partial charge in [-0.15, -0.1) is 0 Å². The standard InChI is InChI=1S/C11H19N3O2/c1-6(2)14-9(12)7(11(3,4)5)8(13-14)10(15)16/h6H,12H2,1-5H3,(H,15,16). The number of hydrogen-bond donors (Lipinski definition) is 2. The molecule has 5 nitrogen and oxygen atoms in total. The average molecular weight is 225 g/mol. The van der Waals surface area contributed by atoms with E-state index < -0.39 is 5.97 Å². The summed E-state index contributed by atoms with van der Waals surface area (Å²) in [4.78, 5) is 11.1. The molecule has 0 spiro atoms. The highest BCUT2D eigenvalue weighted by Gasteiger charge is 2.30. The second-order valence-electron chi connectivity index (χ2n) is 5.20. The van der Waals surface area contributed by atoms with E-state index in [1.165, 1.54) is 0 Å². The van der Waals surface area contributed by atoms with Crippen LogP contribution in [0.4, 0.5) is 5.82 Å². The first-order valence-corrected chi connectivity index (χ1v) is 5.28. The van der Waals surface area contributed by atoms with E-state index in [4.69, 9.17) is 10.8 Å². The molecule has 0 radical (unpaired) electrons. The fourth-order valence-electron chi connectivity index (χ4n) is 1.73. The number of carboxylic acids is 1. The third-order valence-electron chi connectivity index (χ3n) is 2.39. The Kier molecular flexibility index (Phi) is 2.99. The van der Waals surface area contributed by atoms with Crippen LogP contribution in [0.15, 0.2) is 0 Å². The molecule has 0 aromatic carbocycles. The van der Waals surface area contributed by atoms with Gasteiger partial charge in [0, 0.05) is 11.6 Å². The Morgan fingerprint density at radius 3 is 2.19 bits per heavy atom. The maximum atomic E-state index is 11.1. The zero-order chi connectivity index (χ0) is 12.7. The Balaban J connectivity index is 3.51. The van der Waals surface area contributed by atoms with Crippen LogP contribution in [0.1, 0.15) is 56.7 Å².